The smallest absolute Gasteiger partial charge is 0.305 e. The van der Waals surface area contributed by atoms with Gasteiger partial charge in [0.1, 0.15) is 0 Å². The molecule has 0 aromatic carbocycles. The van der Waals surface area contributed by atoms with E-state index >= 15 is 0 Å². The van der Waals surface area contributed by atoms with Crippen LogP contribution in [0.2, 0.25) is 0 Å². The quantitative estimate of drug-likeness (QED) is 0.569. The molecule has 0 saturated heterocycles. The third-order valence-electron chi connectivity index (χ3n) is 2.30. The van der Waals surface area contributed by atoms with Gasteiger partial charge in [0.2, 0.25) is 0 Å². The van der Waals surface area contributed by atoms with E-state index in [0.717, 1.165) is 0 Å². The zero-order valence-electron chi connectivity index (χ0n) is 11.8. The molecule has 0 aliphatic carbocycles. The monoisotopic (exact) mass is 277 g/mol. The Hall–Kier alpha value is -0.910. The van der Waals surface area contributed by atoms with Crippen LogP contribution in [0.1, 0.15) is 40.0 Å². The Labute approximate surface area is 109 Å². The first kappa shape index (κ1) is 17.1. The second kappa shape index (κ2) is 6.87. The summed E-state index contributed by atoms with van der Waals surface area (Å²) in [5.74, 6) is -0.297. The molecular formula is C12H23NO4S. The average molecular weight is 277 g/mol. The predicted octanol–water partition coefficient (Wildman–Crippen LogP) is 2.00. The van der Waals surface area contributed by atoms with Gasteiger partial charge in [0.15, 0.2) is 0 Å². The molecular weight excluding hydrogens is 254 g/mol. The molecule has 0 fully saturated rings. The van der Waals surface area contributed by atoms with Crippen LogP contribution < -0.4 is 0 Å². The van der Waals surface area contributed by atoms with Gasteiger partial charge in [0.25, 0.3) is 5.91 Å². The molecule has 1 atom stereocenters. The molecule has 0 radical (unpaired) electrons. The maximum absolute atomic E-state index is 12.1. The highest BCUT2D eigenvalue weighted by molar-refractivity contribution is 7.93. The average Bonchev–Trinajstić information content (AvgIpc) is 2.22. The van der Waals surface area contributed by atoms with E-state index < -0.39 is 15.1 Å². The molecule has 6 heteroatoms. The summed E-state index contributed by atoms with van der Waals surface area (Å²) in [6.45, 7) is 5.23. The number of esters is 1. The number of hydrogen-bond donors (Lipinski definition) is 0. The van der Waals surface area contributed by atoms with Crippen LogP contribution in [-0.2, 0) is 24.1 Å². The van der Waals surface area contributed by atoms with Gasteiger partial charge >= 0.3 is 5.97 Å². The van der Waals surface area contributed by atoms with E-state index in [9.17, 15) is 13.8 Å². The van der Waals surface area contributed by atoms with Crippen molar-refractivity contribution in [3.05, 3.63) is 0 Å². The number of ether oxygens (including phenoxy) is 1. The van der Waals surface area contributed by atoms with Gasteiger partial charge < -0.3 is 4.74 Å². The molecule has 0 aliphatic heterocycles. The van der Waals surface area contributed by atoms with Crippen molar-refractivity contribution in [1.82, 2.24) is 0 Å². The molecule has 0 bridgehead atoms. The Kier molecular flexibility index (Phi) is 6.52. The first-order valence-corrected chi connectivity index (χ1v) is 7.99. The number of methoxy groups -OCH3 is 1. The molecule has 5 nitrogen and oxygen atoms in total. The van der Waals surface area contributed by atoms with Crippen LogP contribution in [0.25, 0.3) is 0 Å². The van der Waals surface area contributed by atoms with Gasteiger partial charge in [-0.25, -0.2) is 4.21 Å². The lowest BCUT2D eigenvalue weighted by Gasteiger charge is -2.13. The molecule has 106 valence electrons. The van der Waals surface area contributed by atoms with Crippen LogP contribution in [0.5, 0.6) is 0 Å². The Morgan fingerprint density at radius 2 is 1.78 bits per heavy atom. The molecule has 0 heterocycles. The number of hydrogen-bond acceptors (Lipinski definition) is 4. The fraction of sp³-hybridized carbons (Fsp3) is 0.833. The highest BCUT2D eigenvalue weighted by Crippen LogP contribution is 2.16. The van der Waals surface area contributed by atoms with Crippen molar-refractivity contribution in [3.63, 3.8) is 0 Å². The topological polar surface area (TPSA) is 72.8 Å². The van der Waals surface area contributed by atoms with Crippen molar-refractivity contribution in [2.75, 3.05) is 19.1 Å². The van der Waals surface area contributed by atoms with Gasteiger partial charge in [-0.05, 0) is 12.8 Å². The summed E-state index contributed by atoms with van der Waals surface area (Å²) >= 11 is 0. The fourth-order valence-electron chi connectivity index (χ4n) is 1.10. The van der Waals surface area contributed by atoms with Crippen LogP contribution in [0, 0.1) is 5.41 Å². The van der Waals surface area contributed by atoms with E-state index in [0.29, 0.717) is 25.0 Å². The van der Waals surface area contributed by atoms with Crippen LogP contribution in [0.3, 0.4) is 0 Å². The summed E-state index contributed by atoms with van der Waals surface area (Å²) in [7, 11) is -1.16. The minimum atomic E-state index is -2.50. The molecule has 0 aromatic rings. The molecule has 0 aliphatic rings. The molecule has 18 heavy (non-hydrogen) atoms. The van der Waals surface area contributed by atoms with Gasteiger partial charge in [-0.15, -0.1) is 0 Å². The molecule has 1 amide bonds. The third kappa shape index (κ3) is 7.42. The number of carbonyl (C=O) groups is 2. The fourth-order valence-corrected chi connectivity index (χ4v) is 2.55. The van der Waals surface area contributed by atoms with Gasteiger partial charge in [-0.3, -0.25) is 9.59 Å². The van der Waals surface area contributed by atoms with Gasteiger partial charge in [0, 0.05) is 23.8 Å². The number of amides is 1. The lowest BCUT2D eigenvalue weighted by Crippen LogP contribution is -2.20. The van der Waals surface area contributed by atoms with E-state index in [1.165, 1.54) is 13.4 Å². The second-order valence-corrected chi connectivity index (χ2v) is 7.85. The maximum atomic E-state index is 12.1. The second-order valence-electron chi connectivity index (χ2n) is 5.34. The predicted molar refractivity (Wildman–Crippen MR) is 71.7 cm³/mol. The van der Waals surface area contributed by atoms with Crippen molar-refractivity contribution in [3.8, 4) is 0 Å². The van der Waals surface area contributed by atoms with E-state index in [1.54, 1.807) is 20.8 Å². The van der Waals surface area contributed by atoms with Crippen LogP contribution in [0.15, 0.2) is 4.36 Å². The Morgan fingerprint density at radius 1 is 1.22 bits per heavy atom. The summed E-state index contributed by atoms with van der Waals surface area (Å²) in [5.41, 5.74) is -0.606. The molecule has 0 aromatic heterocycles. The van der Waals surface area contributed by atoms with Crippen LogP contribution >= 0.6 is 0 Å². The Balaban J connectivity index is 4.32. The van der Waals surface area contributed by atoms with E-state index in [2.05, 4.69) is 9.10 Å². The van der Waals surface area contributed by atoms with Crippen molar-refractivity contribution in [2.45, 2.75) is 40.0 Å². The van der Waals surface area contributed by atoms with Crippen LogP contribution in [0.4, 0.5) is 0 Å². The van der Waals surface area contributed by atoms with Gasteiger partial charge in [-0.1, -0.05) is 20.8 Å². The summed E-state index contributed by atoms with van der Waals surface area (Å²) < 4.78 is 20.3. The maximum Gasteiger partial charge on any atom is 0.305 e. The minimum Gasteiger partial charge on any atom is -0.469 e. The van der Waals surface area contributed by atoms with Crippen molar-refractivity contribution in [2.24, 2.45) is 9.78 Å². The van der Waals surface area contributed by atoms with Crippen molar-refractivity contribution < 1.29 is 18.5 Å². The number of nitrogens with zero attached hydrogens (tertiary/aromatic N) is 1. The SMILES string of the molecule is COC(=O)CCCCS(C)(=O)=NC(=O)C(C)(C)C. The summed E-state index contributed by atoms with van der Waals surface area (Å²) in [6.07, 6.45) is 2.97. The lowest BCUT2D eigenvalue weighted by atomic mass is 9.96. The minimum absolute atomic E-state index is 0.277. The Bertz CT molecular complexity index is 414. The highest BCUT2D eigenvalue weighted by Gasteiger charge is 2.22. The lowest BCUT2D eigenvalue weighted by molar-refractivity contribution is -0.140. The molecule has 0 saturated carbocycles. The number of rotatable bonds is 5. The van der Waals surface area contributed by atoms with E-state index in [1.807, 2.05) is 0 Å². The summed E-state index contributed by atoms with van der Waals surface area (Å²) in [6, 6.07) is 0. The first-order chi connectivity index (χ1) is 8.08. The molecule has 0 spiro atoms. The Morgan fingerprint density at radius 3 is 2.22 bits per heavy atom. The largest absolute Gasteiger partial charge is 0.469 e. The van der Waals surface area contributed by atoms with E-state index in [-0.39, 0.29) is 11.9 Å². The number of carbonyl (C=O) groups excluding carboxylic acids is 2. The van der Waals surface area contributed by atoms with Gasteiger partial charge in [0.05, 0.1) is 16.8 Å². The number of unbranched alkanes of at least 4 members (excludes halogenated alkanes) is 1. The van der Waals surface area contributed by atoms with Gasteiger partial charge in [-0.2, -0.15) is 4.36 Å². The normalized spacial score (nSPS) is 14.7. The summed E-state index contributed by atoms with van der Waals surface area (Å²) in [4.78, 5) is 22.5. The highest BCUT2D eigenvalue weighted by atomic mass is 32.2. The standard InChI is InChI=1S/C12H23NO4S/c1-12(2,3)11(15)13-18(5,16)9-7-6-8-10(14)17-4/h6-9H2,1-5H3. The third-order valence-corrected chi connectivity index (χ3v) is 3.90. The molecule has 1 unspecified atom stereocenters. The molecule has 0 N–H and O–H groups in total. The van der Waals surface area contributed by atoms with E-state index in [4.69, 9.17) is 0 Å². The van der Waals surface area contributed by atoms with Crippen molar-refractivity contribution >= 4 is 21.6 Å². The molecule has 0 rings (SSSR count). The zero-order chi connectivity index (χ0) is 14.4. The zero-order valence-corrected chi connectivity index (χ0v) is 12.6. The first-order valence-electron chi connectivity index (χ1n) is 5.89. The summed E-state index contributed by atoms with van der Waals surface area (Å²) in [5, 5.41) is 0. The van der Waals surface area contributed by atoms with Crippen molar-refractivity contribution in [1.29, 1.82) is 0 Å². The van der Waals surface area contributed by atoms with Crippen LogP contribution in [-0.4, -0.2) is 35.2 Å².